The molecule has 1 fully saturated rings. The molecule has 178 valence electrons. The molecule has 1 aromatic heterocycles. The van der Waals surface area contributed by atoms with Gasteiger partial charge in [-0.15, -0.1) is 0 Å². The molecule has 1 saturated carbocycles. The van der Waals surface area contributed by atoms with Crippen molar-refractivity contribution in [1.29, 1.82) is 0 Å². The Morgan fingerprint density at radius 3 is 2.38 bits per heavy atom. The van der Waals surface area contributed by atoms with Crippen LogP contribution in [-0.4, -0.2) is 22.0 Å². The number of hydrogen-bond donors (Lipinski definition) is 1. The molecule has 0 atom stereocenters. The monoisotopic (exact) mass is 439 g/mol. The van der Waals surface area contributed by atoms with Gasteiger partial charge in [0.2, 0.25) is 5.91 Å². The summed E-state index contributed by atoms with van der Waals surface area (Å²) in [5.41, 5.74) is 2.36. The largest absolute Gasteiger partial charge is 0.356 e. The molecule has 0 spiro atoms. The van der Waals surface area contributed by atoms with Crippen molar-refractivity contribution < 1.29 is 4.79 Å². The number of aryl methyl sites for hydroxylation is 2. The van der Waals surface area contributed by atoms with Crippen LogP contribution in [-0.2, 0) is 17.8 Å². The normalized spacial score (nSPS) is 14.8. The lowest BCUT2D eigenvalue weighted by Crippen LogP contribution is -2.32. The molecule has 3 rings (SSSR count). The molecule has 32 heavy (non-hydrogen) atoms. The molecule has 1 heterocycles. The van der Waals surface area contributed by atoms with Crippen molar-refractivity contribution in [3.63, 3.8) is 0 Å². The van der Waals surface area contributed by atoms with Crippen LogP contribution < -0.4 is 5.32 Å². The van der Waals surface area contributed by atoms with Gasteiger partial charge < -0.3 is 9.88 Å². The van der Waals surface area contributed by atoms with E-state index in [0.29, 0.717) is 0 Å². The summed E-state index contributed by atoms with van der Waals surface area (Å²) in [6.07, 6.45) is 19.9. The third-order valence-corrected chi connectivity index (χ3v) is 7.07. The minimum atomic E-state index is 0.250. The van der Waals surface area contributed by atoms with E-state index in [2.05, 4.69) is 41.1 Å². The zero-order chi connectivity index (χ0) is 22.4. The fourth-order valence-electron chi connectivity index (χ4n) is 5.11. The molecule has 1 aliphatic carbocycles. The van der Waals surface area contributed by atoms with Gasteiger partial charge in [0.25, 0.3) is 0 Å². The number of hydrogen-bond acceptors (Lipinski definition) is 2. The summed E-state index contributed by atoms with van der Waals surface area (Å²) >= 11 is 0. The fraction of sp³-hybridized carbons (Fsp3) is 0.714. The molecular formula is C28H45N3O. The molecule has 1 amide bonds. The van der Waals surface area contributed by atoms with Gasteiger partial charge in [-0.3, -0.25) is 4.79 Å². The molecule has 1 aliphatic rings. The van der Waals surface area contributed by atoms with Gasteiger partial charge in [-0.1, -0.05) is 89.7 Å². The molecule has 4 nitrogen and oxygen atoms in total. The summed E-state index contributed by atoms with van der Waals surface area (Å²) in [5, 5.41) is 3.18. The van der Waals surface area contributed by atoms with Crippen molar-refractivity contribution >= 4 is 16.9 Å². The van der Waals surface area contributed by atoms with Crippen molar-refractivity contribution in [2.24, 2.45) is 5.92 Å². The Morgan fingerprint density at radius 2 is 1.62 bits per heavy atom. The Labute approximate surface area is 195 Å². The number of fused-ring (bicyclic) bond motifs is 1. The molecule has 0 bridgehead atoms. The highest BCUT2D eigenvalue weighted by atomic mass is 16.1. The van der Waals surface area contributed by atoms with Gasteiger partial charge in [0.05, 0.1) is 11.0 Å². The van der Waals surface area contributed by atoms with Crippen LogP contribution >= 0.6 is 0 Å². The molecular weight excluding hydrogens is 394 g/mol. The minimum absolute atomic E-state index is 0.250. The van der Waals surface area contributed by atoms with E-state index in [-0.39, 0.29) is 11.8 Å². The predicted octanol–water partition coefficient (Wildman–Crippen LogP) is 7.20. The van der Waals surface area contributed by atoms with E-state index in [9.17, 15) is 4.79 Å². The number of carbonyl (C=O) groups excluding carboxylic acids is 1. The second-order valence-electron chi connectivity index (χ2n) is 9.73. The standard InChI is InChI=1S/C28H45N3O/c1-2-3-4-5-6-7-8-9-15-23-31-26-20-14-13-19-25(26)30-27(31)21-16-22-29-28(32)24-17-11-10-12-18-24/h13-14,19-20,24H,2-12,15-18,21-23H2,1H3,(H,29,32). The van der Waals surface area contributed by atoms with Crippen LogP contribution in [0.5, 0.6) is 0 Å². The van der Waals surface area contributed by atoms with Crippen LogP contribution in [0, 0.1) is 5.92 Å². The van der Waals surface area contributed by atoms with E-state index in [1.165, 1.54) is 88.4 Å². The first-order chi connectivity index (χ1) is 15.8. The third-order valence-electron chi connectivity index (χ3n) is 7.07. The highest BCUT2D eigenvalue weighted by molar-refractivity contribution is 5.78. The van der Waals surface area contributed by atoms with Crippen molar-refractivity contribution in [2.45, 2.75) is 116 Å². The van der Waals surface area contributed by atoms with E-state index in [1.54, 1.807) is 0 Å². The molecule has 2 aromatic rings. The third kappa shape index (κ3) is 7.94. The highest BCUT2D eigenvalue weighted by Gasteiger charge is 2.20. The SMILES string of the molecule is CCCCCCCCCCCn1c(CCCNC(=O)C2CCCCC2)nc2ccccc21. The van der Waals surface area contributed by atoms with Crippen LogP contribution in [0.15, 0.2) is 24.3 Å². The summed E-state index contributed by atoms with van der Waals surface area (Å²) in [6.45, 7) is 4.10. The van der Waals surface area contributed by atoms with Gasteiger partial charge in [0, 0.05) is 25.4 Å². The number of imidazole rings is 1. The topological polar surface area (TPSA) is 46.9 Å². The maximum atomic E-state index is 12.4. The van der Waals surface area contributed by atoms with Gasteiger partial charge in [-0.2, -0.15) is 0 Å². The molecule has 0 aliphatic heterocycles. The van der Waals surface area contributed by atoms with Gasteiger partial charge in [-0.25, -0.2) is 4.98 Å². The predicted molar refractivity (Wildman–Crippen MR) is 135 cm³/mol. The van der Waals surface area contributed by atoms with Crippen LogP contribution in [0.1, 0.15) is 109 Å². The molecule has 4 heteroatoms. The Kier molecular flexibility index (Phi) is 11.1. The van der Waals surface area contributed by atoms with Gasteiger partial charge in [-0.05, 0) is 37.8 Å². The second kappa shape index (κ2) is 14.3. The van der Waals surface area contributed by atoms with Crippen molar-refractivity contribution in [3.8, 4) is 0 Å². The molecule has 1 aromatic carbocycles. The Hall–Kier alpha value is -1.84. The number of para-hydroxylation sites is 2. The number of unbranched alkanes of at least 4 members (excludes halogenated alkanes) is 8. The molecule has 0 radical (unpaired) electrons. The average Bonchev–Trinajstić information content (AvgIpc) is 3.18. The van der Waals surface area contributed by atoms with Crippen LogP contribution in [0.4, 0.5) is 0 Å². The molecule has 0 saturated heterocycles. The van der Waals surface area contributed by atoms with Gasteiger partial charge >= 0.3 is 0 Å². The molecule has 1 N–H and O–H groups in total. The maximum Gasteiger partial charge on any atom is 0.223 e. The van der Waals surface area contributed by atoms with Crippen LogP contribution in [0.3, 0.4) is 0 Å². The van der Waals surface area contributed by atoms with Crippen LogP contribution in [0.25, 0.3) is 11.0 Å². The van der Waals surface area contributed by atoms with Gasteiger partial charge in [0.1, 0.15) is 5.82 Å². The van der Waals surface area contributed by atoms with E-state index in [1.807, 2.05) is 0 Å². The fourth-order valence-corrected chi connectivity index (χ4v) is 5.11. The number of carbonyl (C=O) groups is 1. The minimum Gasteiger partial charge on any atom is -0.356 e. The Balaban J connectivity index is 1.41. The van der Waals surface area contributed by atoms with Crippen molar-refractivity contribution in [1.82, 2.24) is 14.9 Å². The van der Waals surface area contributed by atoms with Crippen LogP contribution in [0.2, 0.25) is 0 Å². The highest BCUT2D eigenvalue weighted by Crippen LogP contribution is 2.23. The average molecular weight is 440 g/mol. The van der Waals surface area contributed by atoms with E-state index >= 15 is 0 Å². The first-order valence-electron chi connectivity index (χ1n) is 13.5. The number of nitrogens with one attached hydrogen (secondary N) is 1. The number of benzene rings is 1. The van der Waals surface area contributed by atoms with Gasteiger partial charge in [0.15, 0.2) is 0 Å². The number of aromatic nitrogens is 2. The summed E-state index contributed by atoms with van der Waals surface area (Å²) in [4.78, 5) is 17.3. The maximum absolute atomic E-state index is 12.4. The first kappa shape index (κ1) is 24.8. The number of rotatable bonds is 15. The smallest absolute Gasteiger partial charge is 0.223 e. The second-order valence-corrected chi connectivity index (χ2v) is 9.73. The molecule has 0 unspecified atom stereocenters. The Morgan fingerprint density at radius 1 is 0.938 bits per heavy atom. The van der Waals surface area contributed by atoms with E-state index in [0.717, 1.165) is 44.3 Å². The summed E-state index contributed by atoms with van der Waals surface area (Å²) in [5.74, 6) is 1.70. The summed E-state index contributed by atoms with van der Waals surface area (Å²) in [6, 6.07) is 8.51. The van der Waals surface area contributed by atoms with Crippen molar-refractivity contribution in [3.05, 3.63) is 30.1 Å². The first-order valence-corrected chi connectivity index (χ1v) is 13.5. The zero-order valence-electron chi connectivity index (χ0n) is 20.4. The summed E-state index contributed by atoms with van der Waals surface area (Å²) in [7, 11) is 0. The van der Waals surface area contributed by atoms with E-state index < -0.39 is 0 Å². The Bertz CT molecular complexity index is 791. The quantitative estimate of drug-likeness (QED) is 0.298. The zero-order valence-corrected chi connectivity index (χ0v) is 20.4. The lowest BCUT2D eigenvalue weighted by molar-refractivity contribution is -0.125. The number of amides is 1. The summed E-state index contributed by atoms with van der Waals surface area (Å²) < 4.78 is 2.43. The lowest BCUT2D eigenvalue weighted by atomic mass is 9.89. The number of nitrogens with zero attached hydrogens (tertiary/aromatic N) is 2. The van der Waals surface area contributed by atoms with E-state index in [4.69, 9.17) is 4.98 Å². The van der Waals surface area contributed by atoms with Crippen molar-refractivity contribution in [2.75, 3.05) is 6.54 Å². The lowest BCUT2D eigenvalue weighted by Gasteiger charge is -2.20.